The van der Waals surface area contributed by atoms with Gasteiger partial charge in [0.15, 0.2) is 5.82 Å². The first-order valence-electron chi connectivity index (χ1n) is 7.33. The Balaban J connectivity index is 2.17. The highest BCUT2D eigenvalue weighted by atomic mass is 16.3. The Labute approximate surface area is 119 Å². The zero-order chi connectivity index (χ0) is 14.5. The molecule has 0 aliphatic carbocycles. The SMILES string of the molecule is CCCCn1nc(N2CCC(CO)CC2)c(C#N)c1N. The van der Waals surface area contributed by atoms with Crippen LogP contribution in [-0.4, -0.2) is 34.6 Å². The van der Waals surface area contributed by atoms with Gasteiger partial charge >= 0.3 is 0 Å². The fraction of sp³-hybridized carbons (Fsp3) is 0.714. The number of aryl methyl sites for hydroxylation is 1. The maximum absolute atomic E-state index is 9.32. The van der Waals surface area contributed by atoms with Crippen LogP contribution in [0.5, 0.6) is 0 Å². The summed E-state index contributed by atoms with van der Waals surface area (Å²) >= 11 is 0. The van der Waals surface area contributed by atoms with Gasteiger partial charge in [0.2, 0.25) is 0 Å². The van der Waals surface area contributed by atoms with Gasteiger partial charge in [-0.25, -0.2) is 4.68 Å². The number of anilines is 2. The van der Waals surface area contributed by atoms with Gasteiger partial charge in [-0.1, -0.05) is 13.3 Å². The molecule has 1 aliphatic rings. The average Bonchev–Trinajstić information content (AvgIpc) is 2.81. The van der Waals surface area contributed by atoms with Crippen molar-refractivity contribution in [2.45, 2.75) is 39.2 Å². The van der Waals surface area contributed by atoms with E-state index in [0.29, 0.717) is 23.1 Å². The summed E-state index contributed by atoms with van der Waals surface area (Å²) < 4.78 is 1.75. The Hall–Kier alpha value is -1.74. The Kier molecular flexibility index (Phi) is 4.85. The Bertz CT molecular complexity index is 482. The van der Waals surface area contributed by atoms with Crippen LogP contribution in [0.4, 0.5) is 11.6 Å². The van der Waals surface area contributed by atoms with Crippen LogP contribution in [0.15, 0.2) is 0 Å². The summed E-state index contributed by atoms with van der Waals surface area (Å²) in [6.45, 7) is 4.76. The molecule has 1 aromatic heterocycles. The van der Waals surface area contributed by atoms with Crippen LogP contribution >= 0.6 is 0 Å². The molecule has 110 valence electrons. The largest absolute Gasteiger partial charge is 0.396 e. The van der Waals surface area contributed by atoms with Crippen LogP contribution in [-0.2, 0) is 6.54 Å². The second-order valence-corrected chi connectivity index (χ2v) is 5.39. The third-order valence-electron chi connectivity index (χ3n) is 3.98. The molecule has 0 saturated carbocycles. The number of nitrogen functional groups attached to an aromatic ring is 1. The fourth-order valence-corrected chi connectivity index (χ4v) is 2.60. The lowest BCUT2D eigenvalue weighted by atomic mass is 9.98. The van der Waals surface area contributed by atoms with Crippen LogP contribution < -0.4 is 10.6 Å². The van der Waals surface area contributed by atoms with E-state index in [9.17, 15) is 10.4 Å². The number of aromatic nitrogens is 2. The van der Waals surface area contributed by atoms with E-state index < -0.39 is 0 Å². The van der Waals surface area contributed by atoms with Gasteiger partial charge in [-0.05, 0) is 25.2 Å². The van der Waals surface area contributed by atoms with E-state index in [1.54, 1.807) is 4.68 Å². The second kappa shape index (κ2) is 6.62. The van der Waals surface area contributed by atoms with Crippen LogP contribution in [0.3, 0.4) is 0 Å². The third kappa shape index (κ3) is 2.88. The van der Waals surface area contributed by atoms with Crippen molar-refractivity contribution in [3.8, 4) is 6.07 Å². The van der Waals surface area contributed by atoms with Gasteiger partial charge in [-0.2, -0.15) is 10.4 Å². The number of hydrogen-bond donors (Lipinski definition) is 2. The van der Waals surface area contributed by atoms with E-state index in [0.717, 1.165) is 45.3 Å². The summed E-state index contributed by atoms with van der Waals surface area (Å²) in [6.07, 6.45) is 3.94. The van der Waals surface area contributed by atoms with Crippen molar-refractivity contribution < 1.29 is 5.11 Å². The molecule has 0 atom stereocenters. The van der Waals surface area contributed by atoms with Gasteiger partial charge < -0.3 is 15.7 Å². The van der Waals surface area contributed by atoms with E-state index in [2.05, 4.69) is 23.0 Å². The summed E-state index contributed by atoms with van der Waals surface area (Å²) in [6, 6.07) is 2.18. The van der Waals surface area contributed by atoms with E-state index >= 15 is 0 Å². The van der Waals surface area contributed by atoms with Crippen molar-refractivity contribution in [1.82, 2.24) is 9.78 Å². The van der Waals surface area contributed by atoms with Crippen molar-refractivity contribution in [3.05, 3.63) is 5.56 Å². The molecule has 0 spiro atoms. The topological polar surface area (TPSA) is 91.1 Å². The molecule has 2 heterocycles. The minimum absolute atomic E-state index is 0.242. The van der Waals surface area contributed by atoms with Gasteiger partial charge in [0.25, 0.3) is 0 Å². The van der Waals surface area contributed by atoms with E-state index in [1.807, 2.05) is 0 Å². The average molecular weight is 277 g/mol. The van der Waals surface area contributed by atoms with Crippen molar-refractivity contribution in [2.24, 2.45) is 5.92 Å². The minimum Gasteiger partial charge on any atom is -0.396 e. The van der Waals surface area contributed by atoms with E-state index in [1.165, 1.54) is 0 Å². The maximum atomic E-state index is 9.32. The quantitative estimate of drug-likeness (QED) is 0.847. The monoisotopic (exact) mass is 277 g/mol. The zero-order valence-corrected chi connectivity index (χ0v) is 12.0. The summed E-state index contributed by atoms with van der Waals surface area (Å²) in [5.74, 6) is 1.55. The lowest BCUT2D eigenvalue weighted by Crippen LogP contribution is -2.35. The normalized spacial score (nSPS) is 16.4. The van der Waals surface area contributed by atoms with E-state index in [4.69, 9.17) is 5.73 Å². The molecular formula is C14H23N5O. The van der Waals surface area contributed by atoms with Gasteiger partial charge in [0.05, 0.1) is 0 Å². The summed E-state index contributed by atoms with van der Waals surface area (Å²) in [7, 11) is 0. The lowest BCUT2D eigenvalue weighted by Gasteiger charge is -2.31. The molecule has 0 amide bonds. The number of nitrogens with two attached hydrogens (primary N) is 1. The molecule has 2 rings (SSSR count). The molecule has 0 bridgehead atoms. The van der Waals surface area contributed by atoms with Crippen molar-refractivity contribution >= 4 is 11.6 Å². The van der Waals surface area contributed by atoms with E-state index in [-0.39, 0.29) is 6.61 Å². The highest BCUT2D eigenvalue weighted by Gasteiger charge is 2.25. The number of nitrogens with zero attached hydrogens (tertiary/aromatic N) is 4. The van der Waals surface area contributed by atoms with Crippen LogP contribution in [0, 0.1) is 17.2 Å². The molecule has 1 aromatic rings. The van der Waals surface area contributed by atoms with Gasteiger partial charge in [0, 0.05) is 26.2 Å². The first-order valence-corrected chi connectivity index (χ1v) is 7.33. The minimum atomic E-state index is 0.242. The van der Waals surface area contributed by atoms with Crippen LogP contribution in [0.25, 0.3) is 0 Å². The van der Waals surface area contributed by atoms with Crippen molar-refractivity contribution in [1.29, 1.82) is 5.26 Å². The number of aliphatic hydroxyl groups is 1. The Morgan fingerprint density at radius 1 is 1.45 bits per heavy atom. The van der Waals surface area contributed by atoms with Crippen molar-refractivity contribution in [3.63, 3.8) is 0 Å². The second-order valence-electron chi connectivity index (χ2n) is 5.39. The molecule has 1 saturated heterocycles. The number of piperidine rings is 1. The summed E-state index contributed by atoms with van der Waals surface area (Å²) in [5, 5.41) is 23.0. The molecule has 1 aliphatic heterocycles. The lowest BCUT2D eigenvalue weighted by molar-refractivity contribution is 0.202. The predicted molar refractivity (Wildman–Crippen MR) is 78.3 cm³/mol. The van der Waals surface area contributed by atoms with Gasteiger partial charge in [-0.15, -0.1) is 0 Å². The van der Waals surface area contributed by atoms with Crippen LogP contribution in [0.1, 0.15) is 38.2 Å². The number of hydrogen-bond acceptors (Lipinski definition) is 5. The molecule has 0 aromatic carbocycles. The number of aliphatic hydroxyl groups excluding tert-OH is 1. The summed E-state index contributed by atoms with van der Waals surface area (Å²) in [4.78, 5) is 2.11. The Morgan fingerprint density at radius 3 is 2.70 bits per heavy atom. The zero-order valence-electron chi connectivity index (χ0n) is 12.0. The highest BCUT2D eigenvalue weighted by molar-refractivity contribution is 5.65. The third-order valence-corrected chi connectivity index (χ3v) is 3.98. The molecule has 0 unspecified atom stereocenters. The molecule has 0 radical (unpaired) electrons. The van der Waals surface area contributed by atoms with Crippen LogP contribution in [0.2, 0.25) is 0 Å². The molecular weight excluding hydrogens is 254 g/mol. The van der Waals surface area contributed by atoms with Crippen molar-refractivity contribution in [2.75, 3.05) is 30.3 Å². The van der Waals surface area contributed by atoms with Gasteiger partial charge in [0.1, 0.15) is 17.5 Å². The smallest absolute Gasteiger partial charge is 0.170 e. The first kappa shape index (κ1) is 14.7. The number of nitriles is 1. The summed E-state index contributed by atoms with van der Waals surface area (Å²) in [5.41, 5.74) is 6.52. The highest BCUT2D eigenvalue weighted by Crippen LogP contribution is 2.28. The Morgan fingerprint density at radius 2 is 2.15 bits per heavy atom. The standard InChI is InChI=1S/C14H23N5O/c1-2-3-6-19-13(16)12(9-15)14(17-19)18-7-4-11(10-20)5-8-18/h11,20H,2-8,10,16H2,1H3. The predicted octanol–water partition coefficient (Wildman–Crippen LogP) is 1.35. The molecule has 3 N–H and O–H groups in total. The molecule has 20 heavy (non-hydrogen) atoms. The maximum Gasteiger partial charge on any atom is 0.170 e. The molecule has 6 heteroatoms. The van der Waals surface area contributed by atoms with Gasteiger partial charge in [-0.3, -0.25) is 0 Å². The molecule has 6 nitrogen and oxygen atoms in total. The fourth-order valence-electron chi connectivity index (χ4n) is 2.60. The number of unbranched alkanes of at least 4 members (excludes halogenated alkanes) is 1. The first-order chi connectivity index (χ1) is 9.71. The number of rotatable bonds is 5. The molecule has 1 fully saturated rings.